The fourth-order valence-electron chi connectivity index (χ4n) is 7.41. The van der Waals surface area contributed by atoms with Crippen molar-refractivity contribution in [3.05, 3.63) is 109 Å². The molecule has 7 atom stereocenters. The molecule has 5 aliphatic rings. The van der Waals surface area contributed by atoms with Crippen molar-refractivity contribution in [1.82, 2.24) is 9.88 Å². The van der Waals surface area contributed by atoms with E-state index in [-0.39, 0.29) is 0 Å². The van der Waals surface area contributed by atoms with Crippen LogP contribution in [0.2, 0.25) is 18.6 Å². The summed E-state index contributed by atoms with van der Waals surface area (Å²) >= 11 is 0. The van der Waals surface area contributed by atoms with Crippen LogP contribution >= 0.6 is 0 Å². The molecule has 0 aromatic heterocycles. The molecule has 164 valence electrons. The zero-order chi connectivity index (χ0) is 21.7. The van der Waals surface area contributed by atoms with Crippen LogP contribution in [-0.2, 0) is 0 Å². The Hall–Kier alpha value is -2.20. The fourth-order valence-corrected chi connectivity index (χ4v) is 11.9. The predicted octanol–water partition coefficient (Wildman–Crippen LogP) is 5.80. The highest BCUT2D eigenvalue weighted by Crippen LogP contribution is 2.59. The molecule has 0 amide bonds. The normalized spacial score (nSPS) is 39.7. The molecule has 1 aliphatic heterocycles. The van der Waals surface area contributed by atoms with Gasteiger partial charge in [0.05, 0.1) is 0 Å². The van der Waals surface area contributed by atoms with Gasteiger partial charge in [0.1, 0.15) is 8.24 Å². The lowest BCUT2D eigenvalue weighted by molar-refractivity contribution is 0.393. The average Bonchev–Trinajstić information content (AvgIpc) is 3.33. The summed E-state index contributed by atoms with van der Waals surface area (Å²) in [4.78, 5) is 0. The first-order valence-electron chi connectivity index (χ1n) is 12.3. The van der Waals surface area contributed by atoms with Crippen LogP contribution in [-0.4, -0.2) is 31.6 Å². The minimum Gasteiger partial charge on any atom is -0.304 e. The molecule has 1 aromatic carbocycles. The Morgan fingerprint density at radius 1 is 0.719 bits per heavy atom. The summed E-state index contributed by atoms with van der Waals surface area (Å²) in [5.41, 5.74) is 2.14. The Morgan fingerprint density at radius 3 is 1.94 bits per heavy atom. The summed E-state index contributed by atoms with van der Waals surface area (Å²) in [6.45, 7) is 6.28. The van der Waals surface area contributed by atoms with Gasteiger partial charge in [-0.3, -0.25) is 5.32 Å². The molecular formula is C29H34N2Si. The summed E-state index contributed by atoms with van der Waals surface area (Å²) in [5, 5.41) is 3.96. The van der Waals surface area contributed by atoms with Gasteiger partial charge in [-0.1, -0.05) is 116 Å². The molecule has 1 N–H and O–H groups in total. The van der Waals surface area contributed by atoms with Crippen LogP contribution in [0.25, 0.3) is 0 Å². The number of allylic oxidation sites excluding steroid dienone is 10. The van der Waals surface area contributed by atoms with Gasteiger partial charge < -0.3 is 4.57 Å². The van der Waals surface area contributed by atoms with Crippen molar-refractivity contribution in [2.24, 2.45) is 23.7 Å². The predicted molar refractivity (Wildman–Crippen MR) is 137 cm³/mol. The molecule has 2 fully saturated rings. The zero-order valence-corrected chi connectivity index (χ0v) is 20.1. The van der Waals surface area contributed by atoms with Crippen molar-refractivity contribution in [2.45, 2.75) is 36.6 Å². The van der Waals surface area contributed by atoms with Gasteiger partial charge in [0.2, 0.25) is 0 Å². The molecule has 0 bridgehead atoms. The molecule has 6 unspecified atom stereocenters. The van der Waals surface area contributed by atoms with Gasteiger partial charge in [-0.25, -0.2) is 0 Å². The molecule has 2 nitrogen and oxygen atoms in total. The van der Waals surface area contributed by atoms with Crippen molar-refractivity contribution in [1.29, 1.82) is 0 Å². The number of nitrogens with one attached hydrogen (secondary N) is 1. The van der Waals surface area contributed by atoms with Crippen LogP contribution in [0, 0.1) is 23.7 Å². The van der Waals surface area contributed by atoms with E-state index in [9.17, 15) is 0 Å². The third-order valence-corrected chi connectivity index (χ3v) is 13.1. The Bertz CT molecular complexity index is 996. The molecule has 32 heavy (non-hydrogen) atoms. The van der Waals surface area contributed by atoms with Gasteiger partial charge in [-0.15, -0.1) is 0 Å². The first kappa shape index (κ1) is 20.4. The number of hydrogen-bond donors (Lipinski definition) is 1. The van der Waals surface area contributed by atoms with Crippen molar-refractivity contribution in [3.8, 4) is 0 Å². The third-order valence-electron chi connectivity index (χ3n) is 8.81. The lowest BCUT2D eigenvalue weighted by atomic mass is 9.83. The highest BCUT2D eigenvalue weighted by atomic mass is 28.3. The highest BCUT2D eigenvalue weighted by Gasteiger charge is 2.57. The van der Waals surface area contributed by atoms with E-state index in [0.717, 1.165) is 12.2 Å². The van der Waals surface area contributed by atoms with Crippen LogP contribution in [0.3, 0.4) is 0 Å². The first-order valence-corrected chi connectivity index (χ1v) is 15.3. The van der Waals surface area contributed by atoms with E-state index in [0.29, 0.717) is 41.7 Å². The SMILES string of the molecule is C[Si](C)(C1C2C=CC=CC2C2C=CC=CC21)N1CNC2C(c3ccccc3)C=CC=C[C@H]21. The quantitative estimate of drug-likeness (QED) is 0.600. The van der Waals surface area contributed by atoms with E-state index in [1.165, 1.54) is 5.56 Å². The molecule has 4 aliphatic carbocycles. The van der Waals surface area contributed by atoms with Crippen molar-refractivity contribution in [3.63, 3.8) is 0 Å². The van der Waals surface area contributed by atoms with E-state index >= 15 is 0 Å². The molecule has 3 heteroatoms. The number of benzene rings is 1. The molecule has 0 spiro atoms. The highest BCUT2D eigenvalue weighted by molar-refractivity contribution is 6.76. The van der Waals surface area contributed by atoms with E-state index in [1.807, 2.05) is 0 Å². The molecular weight excluding hydrogens is 404 g/mol. The van der Waals surface area contributed by atoms with Crippen molar-refractivity contribution < 1.29 is 0 Å². The maximum Gasteiger partial charge on any atom is 0.128 e. The maximum atomic E-state index is 3.96. The average molecular weight is 439 g/mol. The smallest absolute Gasteiger partial charge is 0.128 e. The number of hydrogen-bond acceptors (Lipinski definition) is 2. The van der Waals surface area contributed by atoms with E-state index in [2.05, 4.69) is 126 Å². The third kappa shape index (κ3) is 3.13. The molecule has 1 aromatic rings. The van der Waals surface area contributed by atoms with E-state index < -0.39 is 8.24 Å². The summed E-state index contributed by atoms with van der Waals surface area (Å²) < 4.78 is 2.90. The molecule has 1 heterocycles. The number of rotatable bonds is 3. The lowest BCUT2D eigenvalue weighted by Gasteiger charge is -2.46. The maximum absolute atomic E-state index is 3.96. The summed E-state index contributed by atoms with van der Waals surface area (Å²) in [5.74, 6) is 3.02. The van der Waals surface area contributed by atoms with Crippen LogP contribution in [0.15, 0.2) is 103 Å². The van der Waals surface area contributed by atoms with Gasteiger partial charge in [0.25, 0.3) is 0 Å². The second-order valence-corrected chi connectivity index (χ2v) is 15.1. The van der Waals surface area contributed by atoms with Gasteiger partial charge >= 0.3 is 0 Å². The monoisotopic (exact) mass is 438 g/mol. The lowest BCUT2D eigenvalue weighted by Crippen LogP contribution is -2.57. The summed E-state index contributed by atoms with van der Waals surface area (Å²) in [6.07, 6.45) is 28.6. The topological polar surface area (TPSA) is 15.3 Å². The number of nitrogens with zero attached hydrogens (tertiary/aromatic N) is 1. The van der Waals surface area contributed by atoms with Gasteiger partial charge in [0, 0.05) is 24.7 Å². The summed E-state index contributed by atoms with van der Waals surface area (Å²) in [7, 11) is -1.79. The Kier molecular flexibility index (Phi) is 5.09. The van der Waals surface area contributed by atoms with Gasteiger partial charge in [-0.05, 0) is 34.8 Å². The van der Waals surface area contributed by atoms with Crippen LogP contribution in [0.4, 0.5) is 0 Å². The molecule has 0 radical (unpaired) electrons. The van der Waals surface area contributed by atoms with Gasteiger partial charge in [0.15, 0.2) is 0 Å². The van der Waals surface area contributed by atoms with E-state index in [4.69, 9.17) is 0 Å². The zero-order valence-electron chi connectivity index (χ0n) is 19.1. The molecule has 6 rings (SSSR count). The Balaban J connectivity index is 1.34. The second kappa shape index (κ2) is 7.98. The minimum absolute atomic E-state index is 0.407. The van der Waals surface area contributed by atoms with Gasteiger partial charge in [-0.2, -0.15) is 0 Å². The summed E-state index contributed by atoms with van der Waals surface area (Å²) in [6, 6.07) is 11.9. The van der Waals surface area contributed by atoms with Crippen molar-refractivity contribution >= 4 is 8.24 Å². The number of fused-ring (bicyclic) bond motifs is 4. The van der Waals surface area contributed by atoms with Crippen LogP contribution in [0.1, 0.15) is 11.5 Å². The van der Waals surface area contributed by atoms with E-state index in [1.54, 1.807) is 0 Å². The fraction of sp³-hybridized carbons (Fsp3) is 0.379. The Morgan fingerprint density at radius 2 is 1.28 bits per heavy atom. The second-order valence-electron chi connectivity index (χ2n) is 10.6. The van der Waals surface area contributed by atoms with Crippen molar-refractivity contribution in [2.75, 3.05) is 6.67 Å². The minimum atomic E-state index is -1.79. The Labute approximate surface area is 193 Å². The standard InChI is InChI=1S/C29H34N2Si/c1-32(2,29-25-17-8-6-15-23(25)24-16-7-9-18-26(24)29)31-20-30-28-22(14-10-11-19-27(28)31)21-12-4-3-5-13-21/h3-19,22-30H,20H2,1-2H3/t22?,23?,24?,25?,26?,27-,28?,29?/m1/s1. The molecule has 1 saturated carbocycles. The van der Waals surface area contributed by atoms with Crippen LogP contribution in [0.5, 0.6) is 0 Å². The molecule has 1 saturated heterocycles. The first-order chi connectivity index (χ1) is 15.7. The van der Waals surface area contributed by atoms with Crippen LogP contribution < -0.4 is 5.32 Å². The largest absolute Gasteiger partial charge is 0.304 e.